The number of non-ortho nitro benzene ring substituents is 1. The number of phenols is 1. The van der Waals surface area contributed by atoms with Crippen molar-refractivity contribution in [3.05, 3.63) is 52.6 Å². The lowest BCUT2D eigenvalue weighted by atomic mass is 10.2. The number of anilines is 2. The van der Waals surface area contributed by atoms with Crippen LogP contribution in [-0.4, -0.2) is 36.0 Å². The largest absolute Gasteiger partial charge is 0.508 e. The zero-order valence-corrected chi connectivity index (χ0v) is 13.4. The normalized spacial score (nSPS) is 10.0. The van der Waals surface area contributed by atoms with Gasteiger partial charge in [-0.2, -0.15) is 0 Å². The number of hydrogen-bond acceptors (Lipinski definition) is 6. The summed E-state index contributed by atoms with van der Waals surface area (Å²) >= 11 is 0. The smallest absolute Gasteiger partial charge is 0.316 e. The van der Waals surface area contributed by atoms with Gasteiger partial charge in [0.25, 0.3) is 5.69 Å². The fraction of sp³-hybridized carbons (Fsp3) is 0.125. The van der Waals surface area contributed by atoms with Crippen LogP contribution in [0.1, 0.15) is 0 Å². The van der Waals surface area contributed by atoms with Crippen LogP contribution in [0, 0.1) is 10.1 Å². The summed E-state index contributed by atoms with van der Waals surface area (Å²) in [5.41, 5.74) is 0.335. The number of hydrogen-bond donors (Lipinski definition) is 2. The molecule has 0 aliphatic heterocycles. The number of methoxy groups -OCH3 is 1. The van der Waals surface area contributed by atoms with Crippen molar-refractivity contribution < 1.29 is 24.4 Å². The molecule has 0 bridgehead atoms. The molecule has 0 spiro atoms. The van der Waals surface area contributed by atoms with E-state index in [1.807, 2.05) is 0 Å². The number of nitrogens with one attached hydrogen (secondary N) is 1. The van der Waals surface area contributed by atoms with Gasteiger partial charge >= 0.3 is 11.8 Å². The van der Waals surface area contributed by atoms with Gasteiger partial charge in [0.15, 0.2) is 0 Å². The van der Waals surface area contributed by atoms with Crippen LogP contribution in [0.25, 0.3) is 0 Å². The Morgan fingerprint density at radius 2 is 1.84 bits per heavy atom. The van der Waals surface area contributed by atoms with Crippen LogP contribution in [0.3, 0.4) is 0 Å². The van der Waals surface area contributed by atoms with E-state index in [4.69, 9.17) is 4.74 Å². The number of carbonyl (C=O) groups excluding carboxylic acids is 2. The van der Waals surface area contributed by atoms with Gasteiger partial charge in [0.2, 0.25) is 0 Å². The van der Waals surface area contributed by atoms with Crippen molar-refractivity contribution in [2.75, 3.05) is 24.4 Å². The maximum atomic E-state index is 12.2. The van der Waals surface area contributed by atoms with E-state index in [0.29, 0.717) is 5.69 Å². The summed E-state index contributed by atoms with van der Waals surface area (Å²) in [6.45, 7) is 0. The average molecular weight is 345 g/mol. The van der Waals surface area contributed by atoms with Crippen molar-refractivity contribution in [1.29, 1.82) is 0 Å². The summed E-state index contributed by atoms with van der Waals surface area (Å²) in [4.78, 5) is 35.6. The van der Waals surface area contributed by atoms with Crippen molar-refractivity contribution in [2.45, 2.75) is 0 Å². The molecule has 0 aliphatic carbocycles. The van der Waals surface area contributed by atoms with Crippen molar-refractivity contribution in [3.8, 4) is 11.5 Å². The molecule has 0 saturated heterocycles. The molecule has 9 heteroatoms. The van der Waals surface area contributed by atoms with Gasteiger partial charge in [0.05, 0.1) is 23.8 Å². The minimum atomic E-state index is -0.942. The Balaban J connectivity index is 2.17. The first-order valence-electron chi connectivity index (χ1n) is 7.04. The van der Waals surface area contributed by atoms with Crippen LogP contribution >= 0.6 is 0 Å². The molecular weight excluding hydrogens is 330 g/mol. The SMILES string of the molecule is COc1cc([N+](=O)[O-])ccc1NC(=O)C(=O)N(C)c1ccc(O)cc1. The minimum absolute atomic E-state index is 0.0321. The molecule has 2 aromatic rings. The molecule has 0 aliphatic rings. The van der Waals surface area contributed by atoms with Gasteiger partial charge in [-0.3, -0.25) is 19.7 Å². The van der Waals surface area contributed by atoms with Crippen LogP contribution in [0.2, 0.25) is 0 Å². The highest BCUT2D eigenvalue weighted by atomic mass is 16.6. The number of nitro groups is 1. The zero-order valence-electron chi connectivity index (χ0n) is 13.4. The predicted molar refractivity (Wildman–Crippen MR) is 89.8 cm³/mol. The number of nitro benzene ring substituents is 1. The molecule has 0 fully saturated rings. The second kappa shape index (κ2) is 7.30. The van der Waals surface area contributed by atoms with E-state index in [-0.39, 0.29) is 22.9 Å². The highest BCUT2D eigenvalue weighted by Crippen LogP contribution is 2.29. The lowest BCUT2D eigenvalue weighted by molar-refractivity contribution is -0.384. The first kappa shape index (κ1) is 17.7. The van der Waals surface area contributed by atoms with Crippen molar-refractivity contribution in [1.82, 2.24) is 0 Å². The minimum Gasteiger partial charge on any atom is -0.508 e. The monoisotopic (exact) mass is 345 g/mol. The summed E-state index contributed by atoms with van der Waals surface area (Å²) in [7, 11) is 2.69. The van der Waals surface area contributed by atoms with Crippen molar-refractivity contribution in [2.24, 2.45) is 0 Å². The van der Waals surface area contributed by atoms with Gasteiger partial charge in [0, 0.05) is 18.8 Å². The van der Waals surface area contributed by atoms with Gasteiger partial charge in [0.1, 0.15) is 11.5 Å². The molecule has 0 unspecified atom stereocenters. The highest BCUT2D eigenvalue weighted by Gasteiger charge is 2.22. The number of aromatic hydroxyl groups is 1. The molecule has 2 rings (SSSR count). The molecule has 2 aromatic carbocycles. The summed E-state index contributed by atoms with van der Waals surface area (Å²) in [6.07, 6.45) is 0. The number of rotatable bonds is 4. The third kappa shape index (κ3) is 4.02. The van der Waals surface area contributed by atoms with Gasteiger partial charge in [-0.25, -0.2) is 0 Å². The first-order valence-corrected chi connectivity index (χ1v) is 7.04. The van der Waals surface area contributed by atoms with Gasteiger partial charge in [-0.05, 0) is 30.3 Å². The molecule has 2 amide bonds. The molecule has 130 valence electrons. The van der Waals surface area contributed by atoms with Crippen LogP contribution < -0.4 is 15.0 Å². The van der Waals surface area contributed by atoms with E-state index in [2.05, 4.69) is 5.32 Å². The second-order valence-corrected chi connectivity index (χ2v) is 4.98. The standard InChI is InChI=1S/C16H15N3O6/c1-18(10-3-6-12(20)7-4-10)16(22)15(21)17-13-8-5-11(19(23)24)9-14(13)25-2/h3-9,20H,1-2H3,(H,17,21). The molecule has 0 heterocycles. The van der Waals surface area contributed by atoms with Crippen molar-refractivity contribution in [3.63, 3.8) is 0 Å². The quantitative estimate of drug-likeness (QED) is 0.496. The average Bonchev–Trinajstić information content (AvgIpc) is 2.61. The molecule has 0 atom stereocenters. The molecule has 25 heavy (non-hydrogen) atoms. The Morgan fingerprint density at radius 1 is 1.20 bits per heavy atom. The van der Waals surface area contributed by atoms with Gasteiger partial charge in [-0.15, -0.1) is 0 Å². The fourth-order valence-corrected chi connectivity index (χ4v) is 2.02. The van der Waals surface area contributed by atoms with E-state index < -0.39 is 16.7 Å². The van der Waals surface area contributed by atoms with Crippen LogP contribution in [0.4, 0.5) is 17.1 Å². The van der Waals surface area contributed by atoms with E-state index in [1.54, 1.807) is 0 Å². The number of carbonyl (C=O) groups is 2. The Hall–Kier alpha value is -3.62. The van der Waals surface area contributed by atoms with Crippen LogP contribution in [0.5, 0.6) is 11.5 Å². The van der Waals surface area contributed by atoms with E-state index in [0.717, 1.165) is 11.0 Å². The molecule has 2 N–H and O–H groups in total. The van der Waals surface area contributed by atoms with E-state index >= 15 is 0 Å². The fourth-order valence-electron chi connectivity index (χ4n) is 2.02. The lowest BCUT2D eigenvalue weighted by Gasteiger charge is -2.17. The third-order valence-corrected chi connectivity index (χ3v) is 3.38. The second-order valence-electron chi connectivity index (χ2n) is 4.98. The molecule has 0 saturated carbocycles. The number of nitrogens with zero attached hydrogens (tertiary/aromatic N) is 2. The Kier molecular flexibility index (Phi) is 5.18. The third-order valence-electron chi connectivity index (χ3n) is 3.38. The number of phenolic OH excluding ortho intramolecular Hbond substituents is 1. The first-order chi connectivity index (χ1) is 11.8. The number of amides is 2. The van der Waals surface area contributed by atoms with Crippen molar-refractivity contribution >= 4 is 28.9 Å². The number of likely N-dealkylation sites (N-methyl/N-ethyl adjacent to an activating group) is 1. The summed E-state index contributed by atoms with van der Waals surface area (Å²) in [6, 6.07) is 9.34. The molecular formula is C16H15N3O6. The van der Waals surface area contributed by atoms with Crippen LogP contribution in [-0.2, 0) is 9.59 Å². The Labute approximate surface area is 142 Å². The van der Waals surface area contributed by atoms with Crippen LogP contribution in [0.15, 0.2) is 42.5 Å². The predicted octanol–water partition coefficient (Wildman–Crippen LogP) is 1.91. The molecule has 9 nitrogen and oxygen atoms in total. The number of benzene rings is 2. The Bertz CT molecular complexity index is 819. The zero-order chi connectivity index (χ0) is 18.6. The summed E-state index contributed by atoms with van der Waals surface area (Å²) < 4.78 is 5.00. The highest BCUT2D eigenvalue weighted by molar-refractivity contribution is 6.44. The maximum Gasteiger partial charge on any atom is 0.316 e. The van der Waals surface area contributed by atoms with Gasteiger partial charge < -0.3 is 20.1 Å². The topological polar surface area (TPSA) is 122 Å². The number of ether oxygens (including phenoxy) is 1. The maximum absolute atomic E-state index is 12.2. The summed E-state index contributed by atoms with van der Waals surface area (Å²) in [5, 5.41) is 22.4. The Morgan fingerprint density at radius 3 is 2.40 bits per heavy atom. The molecule has 0 aromatic heterocycles. The van der Waals surface area contributed by atoms with Gasteiger partial charge in [-0.1, -0.05) is 0 Å². The summed E-state index contributed by atoms with van der Waals surface area (Å²) in [5.74, 6) is -1.71. The van der Waals surface area contributed by atoms with E-state index in [9.17, 15) is 24.8 Å². The lowest BCUT2D eigenvalue weighted by Crippen LogP contribution is -2.37. The molecule has 0 radical (unpaired) electrons. The van der Waals surface area contributed by atoms with E-state index in [1.165, 1.54) is 50.6 Å².